The summed E-state index contributed by atoms with van der Waals surface area (Å²) in [5, 5.41) is 11.9. The number of halogens is 1. The van der Waals surface area contributed by atoms with E-state index >= 15 is 0 Å². The summed E-state index contributed by atoms with van der Waals surface area (Å²) in [6.07, 6.45) is 2.08. The van der Waals surface area contributed by atoms with Gasteiger partial charge in [-0.3, -0.25) is 14.2 Å². The van der Waals surface area contributed by atoms with Crippen LogP contribution < -0.4 is 5.32 Å². The van der Waals surface area contributed by atoms with Crippen molar-refractivity contribution in [1.29, 1.82) is 0 Å². The van der Waals surface area contributed by atoms with Gasteiger partial charge in [-0.25, -0.2) is 0 Å². The molecule has 108 valence electrons. The van der Waals surface area contributed by atoms with E-state index in [1.165, 1.54) is 0 Å². The molecule has 0 bridgehead atoms. The highest BCUT2D eigenvalue weighted by molar-refractivity contribution is 6.31. The molecule has 1 amide bonds. The lowest BCUT2D eigenvalue weighted by molar-refractivity contribution is -0.121. The maximum atomic E-state index is 11.8. The maximum Gasteiger partial charge on any atom is 0.222 e. The van der Waals surface area contributed by atoms with Gasteiger partial charge in [-0.15, -0.1) is 0 Å². The molecule has 6 nitrogen and oxygen atoms in total. The quantitative estimate of drug-likeness (QED) is 0.911. The number of carbonyl (C=O) groups is 1. The summed E-state index contributed by atoms with van der Waals surface area (Å²) < 4.78 is 3.50. The van der Waals surface area contributed by atoms with Gasteiger partial charge in [-0.05, 0) is 19.9 Å². The van der Waals surface area contributed by atoms with E-state index in [4.69, 9.17) is 11.6 Å². The summed E-state index contributed by atoms with van der Waals surface area (Å²) in [5.41, 5.74) is 2.65. The highest BCUT2D eigenvalue weighted by atomic mass is 35.5. The fraction of sp³-hybridized carbons (Fsp3) is 0.462. The average Bonchev–Trinajstić information content (AvgIpc) is 2.93. The van der Waals surface area contributed by atoms with Crippen LogP contribution in [0, 0.1) is 13.8 Å². The molecule has 0 fully saturated rings. The van der Waals surface area contributed by atoms with Crippen LogP contribution in [-0.2, 0) is 24.9 Å². The number of rotatable bonds is 5. The van der Waals surface area contributed by atoms with Gasteiger partial charge in [-0.2, -0.15) is 10.2 Å². The van der Waals surface area contributed by atoms with E-state index in [1.807, 2.05) is 27.0 Å². The summed E-state index contributed by atoms with van der Waals surface area (Å²) in [5.74, 6) is -0.0186. The van der Waals surface area contributed by atoms with Crippen molar-refractivity contribution in [2.24, 2.45) is 7.05 Å². The van der Waals surface area contributed by atoms with Gasteiger partial charge in [0.1, 0.15) is 0 Å². The number of nitrogens with one attached hydrogen (secondary N) is 1. The number of nitrogens with zero attached hydrogens (tertiary/aromatic N) is 4. The fourth-order valence-electron chi connectivity index (χ4n) is 1.95. The van der Waals surface area contributed by atoms with E-state index in [0.717, 1.165) is 17.1 Å². The summed E-state index contributed by atoms with van der Waals surface area (Å²) in [7, 11) is 1.85. The molecule has 0 saturated carbocycles. The molecule has 1 N–H and O–H groups in total. The second-order valence-corrected chi connectivity index (χ2v) is 5.06. The van der Waals surface area contributed by atoms with Gasteiger partial charge in [-0.1, -0.05) is 11.6 Å². The number of aryl methyl sites for hydroxylation is 3. The first-order chi connectivity index (χ1) is 9.49. The van der Waals surface area contributed by atoms with Gasteiger partial charge in [0.05, 0.1) is 35.2 Å². The zero-order chi connectivity index (χ0) is 14.7. The van der Waals surface area contributed by atoms with Crippen molar-refractivity contribution in [2.45, 2.75) is 33.4 Å². The van der Waals surface area contributed by atoms with Crippen LogP contribution in [0.5, 0.6) is 0 Å². The lowest BCUT2D eigenvalue weighted by atomic mass is 10.3. The summed E-state index contributed by atoms with van der Waals surface area (Å²) in [4.78, 5) is 11.8. The Hall–Kier alpha value is -1.82. The smallest absolute Gasteiger partial charge is 0.222 e. The van der Waals surface area contributed by atoms with Gasteiger partial charge in [0.25, 0.3) is 0 Å². The van der Waals surface area contributed by atoms with Crippen molar-refractivity contribution in [3.05, 3.63) is 34.4 Å². The minimum absolute atomic E-state index is 0.0186. The molecule has 2 aromatic rings. The Morgan fingerprint density at radius 3 is 2.75 bits per heavy atom. The first kappa shape index (κ1) is 14.6. The van der Waals surface area contributed by atoms with E-state index in [1.54, 1.807) is 15.6 Å². The Kier molecular flexibility index (Phi) is 4.44. The lowest BCUT2D eigenvalue weighted by Gasteiger charge is -2.07. The zero-order valence-electron chi connectivity index (χ0n) is 11.9. The van der Waals surface area contributed by atoms with Crippen molar-refractivity contribution < 1.29 is 4.79 Å². The van der Waals surface area contributed by atoms with Crippen LogP contribution in [-0.4, -0.2) is 25.5 Å². The number of hydrogen-bond acceptors (Lipinski definition) is 3. The van der Waals surface area contributed by atoms with Gasteiger partial charge >= 0.3 is 0 Å². The molecule has 0 aliphatic rings. The molecule has 2 aromatic heterocycles. The van der Waals surface area contributed by atoms with Gasteiger partial charge in [0.15, 0.2) is 0 Å². The second kappa shape index (κ2) is 6.09. The van der Waals surface area contributed by atoms with Crippen molar-refractivity contribution in [2.75, 3.05) is 0 Å². The topological polar surface area (TPSA) is 64.7 Å². The maximum absolute atomic E-state index is 11.8. The largest absolute Gasteiger partial charge is 0.350 e. The van der Waals surface area contributed by atoms with Crippen LogP contribution in [0.4, 0.5) is 0 Å². The molecular weight excluding hydrogens is 278 g/mol. The third-order valence-corrected chi connectivity index (χ3v) is 3.78. The van der Waals surface area contributed by atoms with E-state index in [2.05, 4.69) is 15.5 Å². The van der Waals surface area contributed by atoms with Crippen LogP contribution in [0.25, 0.3) is 0 Å². The lowest BCUT2D eigenvalue weighted by Crippen LogP contribution is -2.25. The highest BCUT2D eigenvalue weighted by Gasteiger charge is 2.10. The molecule has 7 heteroatoms. The third-order valence-electron chi connectivity index (χ3n) is 3.23. The average molecular weight is 296 g/mol. The molecule has 0 spiro atoms. The summed E-state index contributed by atoms with van der Waals surface area (Å²) in [6.45, 7) is 4.76. The highest BCUT2D eigenvalue weighted by Crippen LogP contribution is 2.18. The standard InChI is InChI=1S/C13H18ClN5O/c1-9-13(14)10(2)19(17-9)7-5-12(20)15-8-11-4-6-16-18(11)3/h4,6H,5,7-8H2,1-3H3,(H,15,20). The summed E-state index contributed by atoms with van der Waals surface area (Å²) >= 11 is 6.07. The normalized spacial score (nSPS) is 10.8. The first-order valence-corrected chi connectivity index (χ1v) is 6.80. The predicted octanol–water partition coefficient (Wildman–Crippen LogP) is 1.59. The van der Waals surface area contributed by atoms with Crippen molar-refractivity contribution in [3.63, 3.8) is 0 Å². The van der Waals surface area contributed by atoms with Crippen molar-refractivity contribution in [3.8, 4) is 0 Å². The molecule has 20 heavy (non-hydrogen) atoms. The molecule has 0 aromatic carbocycles. The van der Waals surface area contributed by atoms with Crippen molar-refractivity contribution >= 4 is 17.5 Å². The molecule has 0 radical (unpaired) electrons. The molecule has 0 aliphatic heterocycles. The number of hydrogen-bond donors (Lipinski definition) is 1. The Balaban J connectivity index is 1.83. The van der Waals surface area contributed by atoms with E-state index < -0.39 is 0 Å². The molecule has 0 aliphatic carbocycles. The minimum atomic E-state index is -0.0186. The van der Waals surface area contributed by atoms with Crippen LogP contribution in [0.15, 0.2) is 12.3 Å². The molecular formula is C13H18ClN5O. The van der Waals surface area contributed by atoms with Crippen LogP contribution in [0.1, 0.15) is 23.5 Å². The van der Waals surface area contributed by atoms with Gasteiger partial charge < -0.3 is 5.32 Å². The predicted molar refractivity (Wildman–Crippen MR) is 76.4 cm³/mol. The van der Waals surface area contributed by atoms with Crippen molar-refractivity contribution in [1.82, 2.24) is 24.9 Å². The van der Waals surface area contributed by atoms with Gasteiger partial charge in [0, 0.05) is 19.7 Å². The van der Waals surface area contributed by atoms with E-state index in [9.17, 15) is 4.79 Å². The minimum Gasteiger partial charge on any atom is -0.350 e. The fourth-order valence-corrected chi connectivity index (χ4v) is 2.09. The van der Waals surface area contributed by atoms with Crippen LogP contribution in [0.3, 0.4) is 0 Å². The van der Waals surface area contributed by atoms with Gasteiger partial charge in [0.2, 0.25) is 5.91 Å². The Labute approximate surface area is 122 Å². The third kappa shape index (κ3) is 3.19. The molecule has 2 rings (SSSR count). The second-order valence-electron chi connectivity index (χ2n) is 4.68. The zero-order valence-corrected chi connectivity index (χ0v) is 12.6. The molecule has 2 heterocycles. The van der Waals surface area contributed by atoms with E-state index in [0.29, 0.717) is 24.5 Å². The Morgan fingerprint density at radius 1 is 1.45 bits per heavy atom. The van der Waals surface area contributed by atoms with Crippen LogP contribution >= 0.6 is 11.6 Å². The number of carbonyl (C=O) groups excluding carboxylic acids is 1. The number of aromatic nitrogens is 4. The SMILES string of the molecule is Cc1nn(CCC(=O)NCc2ccnn2C)c(C)c1Cl. The molecule has 0 saturated heterocycles. The summed E-state index contributed by atoms with van der Waals surface area (Å²) in [6, 6.07) is 1.88. The number of amides is 1. The van der Waals surface area contributed by atoms with Crippen LogP contribution in [0.2, 0.25) is 5.02 Å². The Morgan fingerprint density at radius 2 is 2.20 bits per heavy atom. The molecule has 0 unspecified atom stereocenters. The first-order valence-electron chi connectivity index (χ1n) is 6.42. The van der Waals surface area contributed by atoms with E-state index in [-0.39, 0.29) is 5.91 Å². The Bertz CT molecular complexity index is 616. The monoisotopic (exact) mass is 295 g/mol. The molecule has 0 atom stereocenters.